The maximum Gasteiger partial charge on any atom is 0.234 e. The van der Waals surface area contributed by atoms with E-state index in [0.29, 0.717) is 18.8 Å². The van der Waals surface area contributed by atoms with E-state index in [1.165, 1.54) is 5.56 Å². The molecule has 2 aromatic carbocycles. The first-order valence-corrected chi connectivity index (χ1v) is 10.4. The van der Waals surface area contributed by atoms with Crippen molar-refractivity contribution in [3.05, 3.63) is 66.2 Å². The molecule has 1 aromatic heterocycles. The first-order valence-electron chi connectivity index (χ1n) is 10.4. The van der Waals surface area contributed by atoms with Crippen molar-refractivity contribution in [2.45, 2.75) is 26.2 Å². The Morgan fingerprint density at radius 1 is 1.20 bits per heavy atom. The molecule has 2 amide bonds. The van der Waals surface area contributed by atoms with Gasteiger partial charge in [-0.2, -0.15) is 0 Å². The lowest BCUT2D eigenvalue weighted by Crippen LogP contribution is -2.30. The van der Waals surface area contributed by atoms with Crippen LogP contribution in [0.3, 0.4) is 0 Å². The number of carbonyl (C=O) groups is 2. The summed E-state index contributed by atoms with van der Waals surface area (Å²) in [5, 5.41) is 10.4. The van der Waals surface area contributed by atoms with Gasteiger partial charge >= 0.3 is 0 Å². The topological polar surface area (TPSA) is 76.0 Å². The van der Waals surface area contributed by atoms with Gasteiger partial charge < -0.3 is 10.6 Å². The largest absolute Gasteiger partial charge is 0.355 e. The Morgan fingerprint density at radius 3 is 2.73 bits per heavy atom. The van der Waals surface area contributed by atoms with E-state index >= 15 is 0 Å². The number of aromatic nitrogens is 2. The fourth-order valence-corrected chi connectivity index (χ4v) is 4.37. The molecule has 1 aliphatic carbocycles. The molecule has 2 atom stereocenters. The molecule has 152 valence electrons. The molecule has 1 saturated carbocycles. The number of hydrogen-bond acceptors (Lipinski definition) is 3. The van der Waals surface area contributed by atoms with Crippen LogP contribution in [-0.4, -0.2) is 28.1 Å². The van der Waals surface area contributed by atoms with Crippen LogP contribution in [0, 0.1) is 11.3 Å². The number of fused-ring (bicyclic) bond motifs is 1. The van der Waals surface area contributed by atoms with E-state index < -0.39 is 5.41 Å². The number of hydrogen-bond donors (Lipinski definition) is 2. The molecule has 0 spiro atoms. The molecule has 2 aliphatic rings. The van der Waals surface area contributed by atoms with Gasteiger partial charge in [0.1, 0.15) is 0 Å². The van der Waals surface area contributed by atoms with Crippen LogP contribution in [0.2, 0.25) is 0 Å². The third-order valence-corrected chi connectivity index (χ3v) is 6.14. The number of benzene rings is 2. The lowest BCUT2D eigenvalue weighted by Gasteiger charge is -2.10. The first-order chi connectivity index (χ1) is 14.6. The Balaban J connectivity index is 1.50. The van der Waals surface area contributed by atoms with Crippen molar-refractivity contribution in [3.8, 4) is 16.9 Å². The average molecular weight is 400 g/mol. The Hall–Kier alpha value is -3.41. The van der Waals surface area contributed by atoms with Gasteiger partial charge in [-0.3, -0.25) is 9.59 Å². The second kappa shape index (κ2) is 7.13. The molecule has 6 heteroatoms. The second-order valence-electron chi connectivity index (χ2n) is 8.20. The van der Waals surface area contributed by atoms with Gasteiger partial charge in [-0.1, -0.05) is 49.7 Å². The minimum Gasteiger partial charge on any atom is -0.355 e. The number of piperidine rings is 1. The molecule has 2 heterocycles. The minimum atomic E-state index is -0.602. The molecule has 0 radical (unpaired) electrons. The van der Waals surface area contributed by atoms with Crippen LogP contribution in [0.1, 0.15) is 25.3 Å². The van der Waals surface area contributed by atoms with Gasteiger partial charge in [0, 0.05) is 18.2 Å². The lowest BCUT2D eigenvalue weighted by molar-refractivity contribution is -0.123. The Bertz CT molecular complexity index is 1120. The molecule has 0 bridgehead atoms. The predicted molar refractivity (Wildman–Crippen MR) is 115 cm³/mol. The normalized spacial score (nSPS) is 21.8. The van der Waals surface area contributed by atoms with Gasteiger partial charge in [-0.15, -0.1) is 5.10 Å². The van der Waals surface area contributed by atoms with E-state index in [9.17, 15) is 9.59 Å². The van der Waals surface area contributed by atoms with E-state index in [2.05, 4.69) is 41.8 Å². The van der Waals surface area contributed by atoms with Crippen molar-refractivity contribution < 1.29 is 9.59 Å². The summed E-state index contributed by atoms with van der Waals surface area (Å²) in [6.07, 6.45) is 2.72. The van der Waals surface area contributed by atoms with Crippen molar-refractivity contribution in [3.63, 3.8) is 0 Å². The summed E-state index contributed by atoms with van der Waals surface area (Å²) in [5.41, 5.74) is 3.57. The molecule has 6 nitrogen and oxygen atoms in total. The maximum atomic E-state index is 12.9. The number of amides is 2. The zero-order valence-corrected chi connectivity index (χ0v) is 16.9. The zero-order chi connectivity index (χ0) is 20.7. The van der Waals surface area contributed by atoms with Crippen molar-refractivity contribution in [1.29, 1.82) is 0 Å². The summed E-state index contributed by atoms with van der Waals surface area (Å²) in [7, 11) is 0. The quantitative estimate of drug-likeness (QED) is 0.664. The highest BCUT2D eigenvalue weighted by Crippen LogP contribution is 2.56. The number of nitrogens with one attached hydrogen (secondary N) is 2. The number of anilines is 1. The van der Waals surface area contributed by atoms with E-state index in [1.807, 2.05) is 41.1 Å². The van der Waals surface area contributed by atoms with Gasteiger partial charge in [0.2, 0.25) is 11.8 Å². The first kappa shape index (κ1) is 18.6. The SMILES string of the molecule is CCCc1cccc(-c2cc(NC(=O)C34CNC(=O)C3C4)nn2-c2ccccc2)c1. The highest BCUT2D eigenvalue weighted by Gasteiger charge is 2.67. The van der Waals surface area contributed by atoms with Crippen LogP contribution < -0.4 is 10.6 Å². The van der Waals surface area contributed by atoms with Gasteiger partial charge in [0.05, 0.1) is 22.7 Å². The predicted octanol–water partition coefficient (Wildman–Crippen LogP) is 3.57. The maximum absolute atomic E-state index is 12.9. The van der Waals surface area contributed by atoms with Crippen LogP contribution in [0.15, 0.2) is 60.7 Å². The van der Waals surface area contributed by atoms with E-state index in [4.69, 9.17) is 5.10 Å². The monoisotopic (exact) mass is 400 g/mol. The Morgan fingerprint density at radius 2 is 2.03 bits per heavy atom. The van der Waals surface area contributed by atoms with Gasteiger partial charge in [-0.05, 0) is 36.6 Å². The standard InChI is InChI=1S/C24H24N4O2/c1-2-7-16-8-6-9-17(12-16)20-13-21(27-28(20)18-10-4-3-5-11-18)26-23(30)24-14-19(24)22(29)25-15-24/h3-6,8-13,19H,2,7,14-15H2,1H3,(H,25,29)(H,26,27,30). The third kappa shape index (κ3) is 3.09. The molecule has 2 unspecified atom stereocenters. The fourth-order valence-electron chi connectivity index (χ4n) is 4.37. The van der Waals surface area contributed by atoms with Gasteiger partial charge in [-0.25, -0.2) is 4.68 Å². The minimum absolute atomic E-state index is 0.0200. The fraction of sp³-hybridized carbons (Fsp3) is 0.292. The number of aryl methyl sites for hydroxylation is 1. The highest BCUT2D eigenvalue weighted by atomic mass is 16.2. The van der Waals surface area contributed by atoms with Crippen molar-refractivity contribution in [2.75, 3.05) is 11.9 Å². The second-order valence-corrected chi connectivity index (χ2v) is 8.20. The van der Waals surface area contributed by atoms with Crippen LogP contribution in [0.5, 0.6) is 0 Å². The molecule has 3 aromatic rings. The van der Waals surface area contributed by atoms with E-state index in [-0.39, 0.29) is 17.7 Å². The van der Waals surface area contributed by atoms with Gasteiger partial charge in [0.25, 0.3) is 0 Å². The molecule has 2 N–H and O–H groups in total. The number of rotatable bonds is 6. The van der Waals surface area contributed by atoms with Crippen molar-refractivity contribution in [2.24, 2.45) is 11.3 Å². The summed E-state index contributed by atoms with van der Waals surface area (Å²) in [5.74, 6) is 0.154. The number of carbonyl (C=O) groups excluding carboxylic acids is 2. The summed E-state index contributed by atoms with van der Waals surface area (Å²) < 4.78 is 1.86. The van der Waals surface area contributed by atoms with Crippen LogP contribution in [0.25, 0.3) is 16.9 Å². The summed E-state index contributed by atoms with van der Waals surface area (Å²) in [6.45, 7) is 2.58. The lowest BCUT2D eigenvalue weighted by atomic mass is 10.0. The van der Waals surface area contributed by atoms with E-state index in [1.54, 1.807) is 0 Å². The molecule has 30 heavy (non-hydrogen) atoms. The number of para-hydroxylation sites is 1. The Labute approximate surface area is 175 Å². The summed E-state index contributed by atoms with van der Waals surface area (Å²) in [4.78, 5) is 24.7. The average Bonchev–Trinajstić information content (AvgIpc) is 3.23. The van der Waals surface area contributed by atoms with E-state index in [0.717, 1.165) is 29.8 Å². The molecular weight excluding hydrogens is 376 g/mol. The molecule has 2 fully saturated rings. The van der Waals surface area contributed by atoms with Gasteiger partial charge in [0.15, 0.2) is 5.82 Å². The Kier molecular flexibility index (Phi) is 4.42. The summed E-state index contributed by atoms with van der Waals surface area (Å²) >= 11 is 0. The smallest absolute Gasteiger partial charge is 0.234 e. The van der Waals surface area contributed by atoms with Crippen LogP contribution in [0.4, 0.5) is 5.82 Å². The van der Waals surface area contributed by atoms with Crippen LogP contribution in [-0.2, 0) is 16.0 Å². The molecule has 5 rings (SSSR count). The molecular formula is C24H24N4O2. The zero-order valence-electron chi connectivity index (χ0n) is 16.9. The van der Waals surface area contributed by atoms with Crippen molar-refractivity contribution in [1.82, 2.24) is 15.1 Å². The molecule has 1 saturated heterocycles. The highest BCUT2D eigenvalue weighted by molar-refractivity contribution is 6.05. The summed E-state index contributed by atoms with van der Waals surface area (Å²) in [6, 6.07) is 20.2. The molecule has 1 aliphatic heterocycles. The third-order valence-electron chi connectivity index (χ3n) is 6.14. The van der Waals surface area contributed by atoms with Crippen molar-refractivity contribution >= 4 is 17.6 Å². The van der Waals surface area contributed by atoms with Crippen LogP contribution >= 0.6 is 0 Å². The number of nitrogens with zero attached hydrogens (tertiary/aromatic N) is 2.